The fraction of sp³-hybridized carbons (Fsp3) is 0.143. The quantitative estimate of drug-likeness (QED) is 0.0694. The van der Waals surface area contributed by atoms with Gasteiger partial charge in [0, 0.05) is 23.6 Å². The number of ether oxygens (including phenoxy) is 1. The van der Waals surface area contributed by atoms with Gasteiger partial charge in [-0.25, -0.2) is 18.2 Å². The fourth-order valence-corrected chi connectivity index (χ4v) is 6.79. The molecule has 0 N–H and O–H groups in total. The lowest BCUT2D eigenvalue weighted by atomic mass is 9.94. The Labute approximate surface area is 233 Å². The minimum atomic E-state index is -3.91. The highest BCUT2D eigenvalue weighted by molar-refractivity contribution is 7.93. The summed E-state index contributed by atoms with van der Waals surface area (Å²) >= 11 is 0.851. The number of azo groups is 1. The molecular weight excluding hydrogens is 552 g/mol. The third-order valence-corrected chi connectivity index (χ3v) is 9.49. The molecule has 12 heteroatoms. The standard InChI is InChI=1S/C28H22N4O6S2/c1-17(2)27(33)38-14-13-24-21-5-3-4-6-22(21)25-15-18(7-12-23(24)25)30-31-28-29-16-26(39-28)40(36,37)20-10-8-19(9-11-20)32(34)35/h3-12,15-16,24H,1,13-14H2,2H3. The minimum absolute atomic E-state index is 0.0478. The van der Waals surface area contributed by atoms with Crippen LogP contribution in [0.4, 0.5) is 16.5 Å². The lowest BCUT2D eigenvalue weighted by Crippen LogP contribution is -2.09. The summed E-state index contributed by atoms with van der Waals surface area (Å²) < 4.78 is 31.1. The molecule has 40 heavy (non-hydrogen) atoms. The summed E-state index contributed by atoms with van der Waals surface area (Å²) in [5.41, 5.74) is 5.03. The van der Waals surface area contributed by atoms with Crippen molar-refractivity contribution in [3.63, 3.8) is 0 Å². The van der Waals surface area contributed by atoms with Gasteiger partial charge in [-0.15, -0.1) is 10.2 Å². The van der Waals surface area contributed by atoms with E-state index in [9.17, 15) is 23.3 Å². The Bertz CT molecular complexity index is 1780. The highest BCUT2D eigenvalue weighted by atomic mass is 32.2. The number of non-ortho nitro benzene ring substituents is 1. The molecule has 4 aromatic rings. The maximum absolute atomic E-state index is 12.9. The van der Waals surface area contributed by atoms with Crippen LogP contribution in [0, 0.1) is 10.1 Å². The molecule has 3 aromatic carbocycles. The number of hydrogen-bond acceptors (Lipinski definition) is 10. The lowest BCUT2D eigenvalue weighted by molar-refractivity contribution is -0.384. The summed E-state index contributed by atoms with van der Waals surface area (Å²) in [4.78, 5) is 26.1. The number of aromatic nitrogens is 1. The van der Waals surface area contributed by atoms with Crippen LogP contribution in [0.2, 0.25) is 0 Å². The van der Waals surface area contributed by atoms with Crippen LogP contribution in [-0.2, 0) is 19.4 Å². The molecule has 0 fully saturated rings. The van der Waals surface area contributed by atoms with Crippen molar-refractivity contribution in [3.05, 3.63) is 106 Å². The SMILES string of the molecule is C=C(C)C(=O)OCCC1c2ccccc2-c2cc(N=Nc3ncc(S(=O)(=O)c4ccc([N+](=O)[O-])cc4)s3)ccc21. The molecule has 1 atom stereocenters. The summed E-state index contributed by atoms with van der Waals surface area (Å²) in [5.74, 6) is -0.352. The molecule has 0 saturated carbocycles. The summed E-state index contributed by atoms with van der Waals surface area (Å²) in [6, 6.07) is 18.4. The van der Waals surface area contributed by atoms with E-state index in [0.29, 0.717) is 17.7 Å². The number of fused-ring (bicyclic) bond motifs is 3. The van der Waals surface area contributed by atoms with Crippen LogP contribution in [-0.4, -0.2) is 30.9 Å². The van der Waals surface area contributed by atoms with Crippen molar-refractivity contribution in [2.45, 2.75) is 28.4 Å². The van der Waals surface area contributed by atoms with Gasteiger partial charge in [0.15, 0.2) is 0 Å². The molecule has 1 aromatic heterocycles. The van der Waals surface area contributed by atoms with Gasteiger partial charge in [0.2, 0.25) is 15.0 Å². The highest BCUT2D eigenvalue weighted by Crippen LogP contribution is 2.47. The molecule has 0 bridgehead atoms. The van der Waals surface area contributed by atoms with E-state index in [0.717, 1.165) is 45.7 Å². The lowest BCUT2D eigenvalue weighted by Gasteiger charge is -2.14. The molecule has 0 amide bonds. The van der Waals surface area contributed by atoms with Gasteiger partial charge >= 0.3 is 5.97 Å². The van der Waals surface area contributed by atoms with E-state index in [1.807, 2.05) is 36.4 Å². The number of hydrogen-bond donors (Lipinski definition) is 0. The molecule has 0 aliphatic heterocycles. The predicted octanol–water partition coefficient (Wildman–Crippen LogP) is 6.92. The van der Waals surface area contributed by atoms with Crippen molar-refractivity contribution >= 4 is 43.6 Å². The largest absolute Gasteiger partial charge is 0.462 e. The molecule has 1 aliphatic rings. The molecule has 5 rings (SSSR count). The average molecular weight is 575 g/mol. The zero-order valence-electron chi connectivity index (χ0n) is 21.2. The summed E-state index contributed by atoms with van der Waals surface area (Å²) in [7, 11) is -3.91. The second-order valence-corrected chi connectivity index (χ2v) is 12.2. The Balaban J connectivity index is 1.35. The number of carbonyl (C=O) groups is 1. The normalized spacial score (nSPS) is 14.1. The third-order valence-electron chi connectivity index (χ3n) is 6.37. The van der Waals surface area contributed by atoms with Crippen LogP contribution in [0.3, 0.4) is 0 Å². The van der Waals surface area contributed by atoms with Crippen LogP contribution in [0.1, 0.15) is 30.4 Å². The van der Waals surface area contributed by atoms with Crippen LogP contribution in [0.25, 0.3) is 11.1 Å². The van der Waals surface area contributed by atoms with Gasteiger partial charge in [0.05, 0.1) is 28.3 Å². The molecular formula is C28H22N4O6S2. The average Bonchev–Trinajstić information content (AvgIpc) is 3.55. The number of nitro benzene ring substituents is 1. The number of sulfone groups is 1. The van der Waals surface area contributed by atoms with Gasteiger partial charge in [-0.3, -0.25) is 10.1 Å². The van der Waals surface area contributed by atoms with Crippen LogP contribution in [0.15, 0.2) is 104 Å². The first-order valence-electron chi connectivity index (χ1n) is 12.1. The Morgan fingerprint density at radius 2 is 1.80 bits per heavy atom. The molecule has 0 spiro atoms. The van der Waals surface area contributed by atoms with Crippen molar-refractivity contribution in [3.8, 4) is 11.1 Å². The maximum Gasteiger partial charge on any atom is 0.333 e. The van der Waals surface area contributed by atoms with E-state index in [-0.39, 0.29) is 32.4 Å². The van der Waals surface area contributed by atoms with Gasteiger partial charge in [0.25, 0.3) is 5.69 Å². The van der Waals surface area contributed by atoms with Gasteiger partial charge in [-0.05, 0) is 59.9 Å². The number of nitro groups is 1. The van der Waals surface area contributed by atoms with Crippen LogP contribution < -0.4 is 0 Å². The first kappa shape index (κ1) is 27.0. The second-order valence-electron chi connectivity index (χ2n) is 9.03. The van der Waals surface area contributed by atoms with E-state index in [2.05, 4.69) is 27.9 Å². The van der Waals surface area contributed by atoms with Crippen molar-refractivity contribution in [2.24, 2.45) is 10.2 Å². The smallest absolute Gasteiger partial charge is 0.333 e. The van der Waals surface area contributed by atoms with Crippen molar-refractivity contribution in [2.75, 3.05) is 6.61 Å². The molecule has 1 aliphatic carbocycles. The first-order valence-corrected chi connectivity index (χ1v) is 14.4. The van der Waals surface area contributed by atoms with Gasteiger partial charge in [-0.1, -0.05) is 48.2 Å². The number of rotatable bonds is 9. The van der Waals surface area contributed by atoms with Crippen molar-refractivity contribution in [1.82, 2.24) is 4.98 Å². The summed E-state index contributed by atoms with van der Waals surface area (Å²) in [6.07, 6.45) is 1.81. The molecule has 10 nitrogen and oxygen atoms in total. The second kappa shape index (κ2) is 10.9. The highest BCUT2D eigenvalue weighted by Gasteiger charge is 2.29. The van der Waals surface area contributed by atoms with Crippen LogP contribution in [0.5, 0.6) is 0 Å². The Morgan fingerprint density at radius 3 is 2.52 bits per heavy atom. The molecule has 0 radical (unpaired) electrons. The number of carbonyl (C=O) groups excluding carboxylic acids is 1. The predicted molar refractivity (Wildman–Crippen MR) is 149 cm³/mol. The number of benzene rings is 3. The Hall–Kier alpha value is -4.55. The van der Waals surface area contributed by atoms with E-state index in [1.54, 1.807) is 6.92 Å². The van der Waals surface area contributed by atoms with Gasteiger partial charge in [0.1, 0.15) is 4.21 Å². The Kier molecular flexibility index (Phi) is 7.37. The van der Waals surface area contributed by atoms with Gasteiger partial charge in [-0.2, -0.15) is 0 Å². The number of nitrogens with zero attached hydrogens (tertiary/aromatic N) is 4. The number of thiazole rings is 1. The summed E-state index contributed by atoms with van der Waals surface area (Å²) in [5, 5.41) is 19.4. The number of esters is 1. The fourth-order valence-electron chi connectivity index (χ4n) is 4.45. The van der Waals surface area contributed by atoms with E-state index in [4.69, 9.17) is 4.74 Å². The molecule has 1 heterocycles. The topological polar surface area (TPSA) is 141 Å². The van der Waals surface area contributed by atoms with Crippen LogP contribution >= 0.6 is 11.3 Å². The van der Waals surface area contributed by atoms with Crippen molar-refractivity contribution < 1.29 is 22.9 Å². The van der Waals surface area contributed by atoms with E-state index < -0.39 is 20.7 Å². The first-order chi connectivity index (χ1) is 19.1. The zero-order chi connectivity index (χ0) is 28.4. The van der Waals surface area contributed by atoms with Crippen molar-refractivity contribution in [1.29, 1.82) is 0 Å². The summed E-state index contributed by atoms with van der Waals surface area (Å²) in [6.45, 7) is 5.49. The minimum Gasteiger partial charge on any atom is -0.462 e. The third kappa shape index (κ3) is 5.31. The van der Waals surface area contributed by atoms with Gasteiger partial charge < -0.3 is 4.74 Å². The molecule has 0 saturated heterocycles. The van der Waals surface area contributed by atoms with E-state index >= 15 is 0 Å². The molecule has 1 unspecified atom stereocenters. The van der Waals surface area contributed by atoms with E-state index in [1.165, 1.54) is 18.3 Å². The maximum atomic E-state index is 12.9. The Morgan fingerprint density at radius 1 is 1.07 bits per heavy atom. The molecule has 202 valence electrons. The zero-order valence-corrected chi connectivity index (χ0v) is 22.8. The monoisotopic (exact) mass is 574 g/mol.